The van der Waals surface area contributed by atoms with Gasteiger partial charge in [-0.15, -0.1) is 11.3 Å². The lowest BCUT2D eigenvalue weighted by atomic mass is 10.1. The number of nitrogens with zero attached hydrogens (tertiary/aromatic N) is 2. The van der Waals surface area contributed by atoms with Crippen LogP contribution in [-0.4, -0.2) is 48.9 Å². The molecule has 1 unspecified atom stereocenters. The molecule has 29 heavy (non-hydrogen) atoms. The lowest BCUT2D eigenvalue weighted by molar-refractivity contribution is -0.132. The Kier molecular flexibility index (Phi) is 9.23. The first kappa shape index (κ1) is 23.5. The molecular formula is C20H26Cl2N4O2S. The van der Waals surface area contributed by atoms with Crippen molar-refractivity contribution in [2.75, 3.05) is 27.2 Å². The summed E-state index contributed by atoms with van der Waals surface area (Å²) in [6.07, 6.45) is 0.958. The number of nitrogens with one attached hydrogen (secondary N) is 1. The summed E-state index contributed by atoms with van der Waals surface area (Å²) in [7, 11) is 3.99. The molecule has 0 spiro atoms. The van der Waals surface area contributed by atoms with Crippen LogP contribution in [0, 0.1) is 0 Å². The van der Waals surface area contributed by atoms with E-state index in [4.69, 9.17) is 28.9 Å². The zero-order valence-corrected chi connectivity index (χ0v) is 18.9. The van der Waals surface area contributed by atoms with Crippen LogP contribution in [0.25, 0.3) is 0 Å². The Morgan fingerprint density at radius 3 is 2.52 bits per heavy atom. The van der Waals surface area contributed by atoms with Gasteiger partial charge in [0.25, 0.3) is 0 Å². The summed E-state index contributed by atoms with van der Waals surface area (Å²) in [5.41, 5.74) is 6.21. The van der Waals surface area contributed by atoms with Crippen molar-refractivity contribution < 1.29 is 9.59 Å². The summed E-state index contributed by atoms with van der Waals surface area (Å²) in [5.74, 6) is -0.0676. The number of primary amides is 1. The van der Waals surface area contributed by atoms with E-state index in [9.17, 15) is 9.59 Å². The second-order valence-electron chi connectivity index (χ2n) is 7.00. The van der Waals surface area contributed by atoms with Crippen LogP contribution in [0.1, 0.15) is 29.3 Å². The molecule has 1 aromatic heterocycles. The largest absolute Gasteiger partial charge is 0.352 e. The fraction of sp³-hybridized carbons (Fsp3) is 0.400. The average Bonchev–Trinajstić information content (AvgIpc) is 3.17. The molecule has 0 aliphatic heterocycles. The molecule has 0 aliphatic rings. The first-order chi connectivity index (χ1) is 13.8. The highest BCUT2D eigenvalue weighted by Crippen LogP contribution is 2.25. The average molecular weight is 457 g/mol. The van der Waals surface area contributed by atoms with Crippen LogP contribution in [0.5, 0.6) is 0 Å². The second kappa shape index (κ2) is 11.4. The molecule has 3 N–H and O–H groups in total. The maximum absolute atomic E-state index is 13.1. The normalized spacial score (nSPS) is 12.0. The van der Waals surface area contributed by atoms with Gasteiger partial charge >= 0.3 is 6.03 Å². The summed E-state index contributed by atoms with van der Waals surface area (Å²) >= 11 is 13.6. The van der Waals surface area contributed by atoms with Crippen molar-refractivity contribution in [2.45, 2.75) is 25.4 Å². The molecule has 3 amide bonds. The minimum atomic E-state index is -0.653. The van der Waals surface area contributed by atoms with E-state index in [-0.39, 0.29) is 12.3 Å². The summed E-state index contributed by atoms with van der Waals surface area (Å²) in [6.45, 7) is 1.86. The van der Waals surface area contributed by atoms with Crippen molar-refractivity contribution in [3.8, 4) is 0 Å². The maximum atomic E-state index is 13.1. The molecule has 0 radical (unpaired) electrons. The van der Waals surface area contributed by atoms with Crippen molar-refractivity contribution in [3.05, 3.63) is 56.2 Å². The lowest BCUT2D eigenvalue weighted by Crippen LogP contribution is -2.38. The Labute approximate surface area is 185 Å². The first-order valence-corrected chi connectivity index (χ1v) is 10.9. The molecule has 0 fully saturated rings. The molecule has 9 heteroatoms. The number of thiophene rings is 1. The Hall–Kier alpha value is -1.80. The SMILES string of the molecule is CN(C)CCCN(Cc1ccc(Cl)c(Cl)c1)C(=O)CC(NC(N)=O)c1cccs1. The Balaban J connectivity index is 2.15. The molecule has 1 aromatic carbocycles. The number of rotatable bonds is 10. The van der Waals surface area contributed by atoms with Gasteiger partial charge in [0.2, 0.25) is 5.91 Å². The minimum absolute atomic E-state index is 0.0676. The lowest BCUT2D eigenvalue weighted by Gasteiger charge is -2.26. The molecule has 2 aromatic rings. The van der Waals surface area contributed by atoms with Crippen LogP contribution in [0.15, 0.2) is 35.7 Å². The quantitative estimate of drug-likeness (QED) is 0.563. The first-order valence-electron chi connectivity index (χ1n) is 9.22. The number of nitrogens with two attached hydrogens (primary N) is 1. The zero-order chi connectivity index (χ0) is 21.4. The number of halogens is 2. The van der Waals surface area contributed by atoms with Gasteiger partial charge in [-0.25, -0.2) is 4.79 Å². The number of amides is 3. The number of benzene rings is 1. The van der Waals surface area contributed by atoms with Gasteiger partial charge in [0.05, 0.1) is 22.5 Å². The van der Waals surface area contributed by atoms with Crippen molar-refractivity contribution >= 4 is 46.5 Å². The number of urea groups is 1. The third-order valence-corrected chi connectivity index (χ3v) is 6.05. The Bertz CT molecular complexity index is 815. The summed E-state index contributed by atoms with van der Waals surface area (Å²) < 4.78 is 0. The van der Waals surface area contributed by atoms with Gasteiger partial charge in [-0.2, -0.15) is 0 Å². The molecule has 1 heterocycles. The van der Waals surface area contributed by atoms with Crippen molar-refractivity contribution in [2.24, 2.45) is 5.73 Å². The van der Waals surface area contributed by atoms with Crippen LogP contribution in [0.4, 0.5) is 4.79 Å². The summed E-state index contributed by atoms with van der Waals surface area (Å²) in [5, 5.41) is 5.51. The van der Waals surface area contributed by atoms with Crippen LogP contribution < -0.4 is 11.1 Å². The van der Waals surface area contributed by atoms with E-state index >= 15 is 0 Å². The maximum Gasteiger partial charge on any atom is 0.312 e. The fourth-order valence-corrected chi connectivity index (χ4v) is 4.01. The topological polar surface area (TPSA) is 78.7 Å². The number of hydrogen-bond acceptors (Lipinski definition) is 4. The molecule has 0 saturated heterocycles. The number of hydrogen-bond donors (Lipinski definition) is 2. The second-order valence-corrected chi connectivity index (χ2v) is 8.79. The van der Waals surface area contributed by atoms with E-state index in [1.165, 1.54) is 11.3 Å². The smallest absolute Gasteiger partial charge is 0.312 e. The van der Waals surface area contributed by atoms with Gasteiger partial charge in [0, 0.05) is 18.0 Å². The van der Waals surface area contributed by atoms with E-state index < -0.39 is 12.1 Å². The van der Waals surface area contributed by atoms with Crippen LogP contribution in [-0.2, 0) is 11.3 Å². The molecule has 6 nitrogen and oxygen atoms in total. The van der Waals surface area contributed by atoms with E-state index in [0.29, 0.717) is 23.1 Å². The standard InChI is InChI=1S/C20H26Cl2N4O2S/c1-25(2)8-4-9-26(13-14-6-7-15(21)16(22)11-14)19(27)12-17(24-20(23)28)18-5-3-10-29-18/h3,5-7,10-11,17H,4,8-9,12-13H2,1-2H3,(H3,23,24,28). The Morgan fingerprint density at radius 2 is 1.93 bits per heavy atom. The molecule has 0 saturated carbocycles. The van der Waals surface area contributed by atoms with Gasteiger partial charge in [-0.1, -0.05) is 35.3 Å². The van der Waals surface area contributed by atoms with Crippen LogP contribution >= 0.6 is 34.5 Å². The van der Waals surface area contributed by atoms with E-state index in [0.717, 1.165) is 23.4 Å². The number of carbonyl (C=O) groups is 2. The third kappa shape index (κ3) is 7.85. The molecule has 1 atom stereocenters. The summed E-state index contributed by atoms with van der Waals surface area (Å²) in [6, 6.07) is 8.02. The predicted octanol–water partition coefficient (Wildman–Crippen LogP) is 4.13. The molecule has 2 rings (SSSR count). The fourth-order valence-electron chi connectivity index (χ4n) is 2.92. The number of carbonyl (C=O) groups excluding carboxylic acids is 2. The van der Waals surface area contributed by atoms with Crippen LogP contribution in [0.3, 0.4) is 0 Å². The predicted molar refractivity (Wildman–Crippen MR) is 119 cm³/mol. The Morgan fingerprint density at radius 1 is 1.17 bits per heavy atom. The minimum Gasteiger partial charge on any atom is -0.352 e. The molecular weight excluding hydrogens is 431 g/mol. The van der Waals surface area contributed by atoms with Gasteiger partial charge in [-0.05, 0) is 56.2 Å². The van der Waals surface area contributed by atoms with E-state index in [1.807, 2.05) is 37.7 Å². The van der Waals surface area contributed by atoms with Gasteiger partial charge < -0.3 is 20.9 Å². The highest BCUT2D eigenvalue weighted by Gasteiger charge is 2.22. The van der Waals surface area contributed by atoms with E-state index in [1.54, 1.807) is 17.0 Å². The highest BCUT2D eigenvalue weighted by atomic mass is 35.5. The zero-order valence-electron chi connectivity index (χ0n) is 16.5. The molecule has 0 bridgehead atoms. The van der Waals surface area contributed by atoms with Gasteiger partial charge in [-0.3, -0.25) is 4.79 Å². The van der Waals surface area contributed by atoms with E-state index in [2.05, 4.69) is 10.2 Å². The van der Waals surface area contributed by atoms with Crippen molar-refractivity contribution in [3.63, 3.8) is 0 Å². The summed E-state index contributed by atoms with van der Waals surface area (Å²) in [4.78, 5) is 29.3. The van der Waals surface area contributed by atoms with Crippen LogP contribution in [0.2, 0.25) is 10.0 Å². The van der Waals surface area contributed by atoms with Crippen molar-refractivity contribution in [1.29, 1.82) is 0 Å². The third-order valence-electron chi connectivity index (χ3n) is 4.33. The van der Waals surface area contributed by atoms with Crippen molar-refractivity contribution in [1.82, 2.24) is 15.1 Å². The van der Waals surface area contributed by atoms with Gasteiger partial charge in [0.1, 0.15) is 0 Å². The van der Waals surface area contributed by atoms with Gasteiger partial charge in [0.15, 0.2) is 0 Å². The molecule has 0 aliphatic carbocycles. The molecule has 158 valence electrons. The highest BCUT2D eigenvalue weighted by molar-refractivity contribution is 7.10. The monoisotopic (exact) mass is 456 g/mol.